The fraction of sp³-hybridized carbons (Fsp3) is 0.600. The lowest BCUT2D eigenvalue weighted by atomic mass is 10.2. The first-order chi connectivity index (χ1) is 9.85. The minimum absolute atomic E-state index is 0.0302. The molecule has 0 saturated heterocycles. The number of unbranched alkanes of at least 4 members (excludes halogenated alkanes) is 3. The van der Waals surface area contributed by atoms with Gasteiger partial charge in [-0.15, -0.1) is 0 Å². The van der Waals surface area contributed by atoms with Gasteiger partial charge in [0.15, 0.2) is 24.8 Å². The van der Waals surface area contributed by atoms with Gasteiger partial charge in [0.05, 0.1) is 11.5 Å². The Morgan fingerprint density at radius 1 is 0.810 bits per heavy atom. The molecule has 0 fully saturated rings. The van der Waals surface area contributed by atoms with Crippen LogP contribution in [0.25, 0.3) is 0 Å². The Kier molecular flexibility index (Phi) is 7.39. The van der Waals surface area contributed by atoms with Gasteiger partial charge in [-0.3, -0.25) is 0 Å². The standard InChI is InChI=1S/C15H24O4S2/c1-2-3-4-8-12-20(16,17)14-21(18,19)13-11-15-9-6-5-7-10-15/h5-7,9-10H,2-4,8,11-14H2,1H3. The van der Waals surface area contributed by atoms with Gasteiger partial charge in [-0.05, 0) is 18.4 Å². The third-order valence-corrected chi connectivity index (χ3v) is 7.82. The van der Waals surface area contributed by atoms with Crippen molar-refractivity contribution in [1.82, 2.24) is 0 Å². The van der Waals surface area contributed by atoms with Crippen molar-refractivity contribution in [2.75, 3.05) is 16.6 Å². The van der Waals surface area contributed by atoms with Crippen molar-refractivity contribution >= 4 is 19.7 Å². The van der Waals surface area contributed by atoms with Crippen molar-refractivity contribution < 1.29 is 16.8 Å². The number of benzene rings is 1. The molecule has 120 valence electrons. The topological polar surface area (TPSA) is 68.3 Å². The van der Waals surface area contributed by atoms with Gasteiger partial charge in [-0.2, -0.15) is 0 Å². The number of rotatable bonds is 10. The summed E-state index contributed by atoms with van der Waals surface area (Å²) >= 11 is 0. The maximum atomic E-state index is 11.9. The monoisotopic (exact) mass is 332 g/mol. The number of hydrogen-bond donors (Lipinski definition) is 0. The Morgan fingerprint density at radius 2 is 1.43 bits per heavy atom. The summed E-state index contributed by atoms with van der Waals surface area (Å²) in [6, 6.07) is 9.22. The van der Waals surface area contributed by atoms with Crippen LogP contribution in [-0.4, -0.2) is 33.4 Å². The van der Waals surface area contributed by atoms with E-state index in [0.717, 1.165) is 24.8 Å². The molecular weight excluding hydrogens is 308 g/mol. The van der Waals surface area contributed by atoms with E-state index in [2.05, 4.69) is 0 Å². The van der Waals surface area contributed by atoms with E-state index in [0.29, 0.717) is 12.8 Å². The van der Waals surface area contributed by atoms with E-state index >= 15 is 0 Å². The first kappa shape index (κ1) is 18.2. The summed E-state index contributed by atoms with van der Waals surface area (Å²) in [6.07, 6.45) is 3.74. The zero-order valence-corrected chi connectivity index (χ0v) is 14.1. The van der Waals surface area contributed by atoms with Crippen LogP contribution in [0.1, 0.15) is 38.2 Å². The molecule has 1 aromatic rings. The molecule has 21 heavy (non-hydrogen) atoms. The van der Waals surface area contributed by atoms with Crippen molar-refractivity contribution in [3.05, 3.63) is 35.9 Å². The molecule has 0 heterocycles. The molecule has 1 aromatic carbocycles. The molecule has 0 atom stereocenters. The van der Waals surface area contributed by atoms with E-state index in [1.165, 1.54) is 0 Å². The molecule has 0 aromatic heterocycles. The van der Waals surface area contributed by atoms with Crippen molar-refractivity contribution in [2.45, 2.75) is 39.0 Å². The minimum atomic E-state index is -3.57. The molecule has 4 nitrogen and oxygen atoms in total. The van der Waals surface area contributed by atoms with Crippen LogP contribution in [0.3, 0.4) is 0 Å². The fourth-order valence-electron chi connectivity index (χ4n) is 2.06. The lowest BCUT2D eigenvalue weighted by Gasteiger charge is -2.06. The summed E-state index contributed by atoms with van der Waals surface area (Å²) in [6.45, 7) is 2.04. The normalized spacial score (nSPS) is 12.4. The van der Waals surface area contributed by atoms with E-state index in [-0.39, 0.29) is 11.5 Å². The van der Waals surface area contributed by atoms with Gasteiger partial charge in [0.1, 0.15) is 0 Å². The summed E-state index contributed by atoms with van der Waals surface area (Å²) in [5.74, 6) is -0.150. The van der Waals surface area contributed by atoms with Gasteiger partial charge in [0.2, 0.25) is 0 Å². The SMILES string of the molecule is CCCCCCS(=O)(=O)CS(=O)(=O)CCc1ccccc1. The smallest absolute Gasteiger partial charge is 0.164 e. The Morgan fingerprint density at radius 3 is 2.05 bits per heavy atom. The number of aryl methyl sites for hydroxylation is 1. The third kappa shape index (κ3) is 8.21. The van der Waals surface area contributed by atoms with Gasteiger partial charge in [0.25, 0.3) is 0 Å². The highest BCUT2D eigenvalue weighted by molar-refractivity contribution is 8.08. The van der Waals surface area contributed by atoms with Crippen LogP contribution in [0.15, 0.2) is 30.3 Å². The van der Waals surface area contributed by atoms with Crippen molar-refractivity contribution in [2.24, 2.45) is 0 Å². The molecule has 0 bridgehead atoms. The van der Waals surface area contributed by atoms with Crippen molar-refractivity contribution in [3.8, 4) is 0 Å². The van der Waals surface area contributed by atoms with Crippen LogP contribution < -0.4 is 0 Å². The molecule has 0 spiro atoms. The summed E-state index contributed by atoms with van der Waals surface area (Å²) in [5, 5.41) is -0.723. The van der Waals surface area contributed by atoms with Crippen molar-refractivity contribution in [1.29, 1.82) is 0 Å². The largest absolute Gasteiger partial charge is 0.228 e. The fourth-order valence-corrected chi connectivity index (χ4v) is 6.38. The van der Waals surface area contributed by atoms with Crippen molar-refractivity contribution in [3.63, 3.8) is 0 Å². The van der Waals surface area contributed by atoms with E-state index in [1.807, 2.05) is 37.3 Å². The molecule has 0 aliphatic heterocycles. The van der Waals surface area contributed by atoms with Crippen LogP contribution in [0.5, 0.6) is 0 Å². The van der Waals surface area contributed by atoms with Gasteiger partial charge < -0.3 is 0 Å². The molecule has 0 unspecified atom stereocenters. The molecule has 6 heteroatoms. The maximum absolute atomic E-state index is 11.9. The number of sulfone groups is 2. The Hall–Kier alpha value is -0.880. The molecule has 0 amide bonds. The quantitative estimate of drug-likeness (QED) is 0.618. The molecule has 0 aliphatic carbocycles. The summed E-state index contributed by atoms with van der Waals surface area (Å²) in [7, 11) is -7.08. The van der Waals surface area contributed by atoms with Crippen LogP contribution in [0.4, 0.5) is 0 Å². The second-order valence-electron chi connectivity index (χ2n) is 5.31. The summed E-state index contributed by atoms with van der Waals surface area (Å²) in [5.41, 5.74) is 0.904. The van der Waals surface area contributed by atoms with Gasteiger partial charge >= 0.3 is 0 Å². The second-order valence-corrected chi connectivity index (χ2v) is 10.0. The highest BCUT2D eigenvalue weighted by atomic mass is 32.3. The lowest BCUT2D eigenvalue weighted by molar-refractivity contribution is 0.584. The zero-order valence-electron chi connectivity index (χ0n) is 12.5. The maximum Gasteiger partial charge on any atom is 0.164 e. The lowest BCUT2D eigenvalue weighted by Crippen LogP contribution is -2.22. The van der Waals surface area contributed by atoms with E-state index in [4.69, 9.17) is 0 Å². The zero-order chi connectivity index (χ0) is 15.8. The Bertz CT molecular complexity index is 604. The van der Waals surface area contributed by atoms with Gasteiger partial charge in [0, 0.05) is 0 Å². The van der Waals surface area contributed by atoms with Gasteiger partial charge in [-0.1, -0.05) is 56.5 Å². The third-order valence-electron chi connectivity index (χ3n) is 3.21. The minimum Gasteiger partial charge on any atom is -0.228 e. The molecule has 0 radical (unpaired) electrons. The van der Waals surface area contributed by atoms with E-state index in [9.17, 15) is 16.8 Å². The Balaban J connectivity index is 2.47. The van der Waals surface area contributed by atoms with Gasteiger partial charge in [-0.25, -0.2) is 16.8 Å². The highest BCUT2D eigenvalue weighted by Gasteiger charge is 2.21. The van der Waals surface area contributed by atoms with E-state index in [1.54, 1.807) is 0 Å². The summed E-state index contributed by atoms with van der Waals surface area (Å²) < 4.78 is 47.5. The predicted octanol–water partition coefficient (Wildman–Crippen LogP) is 2.60. The highest BCUT2D eigenvalue weighted by Crippen LogP contribution is 2.08. The number of hydrogen-bond acceptors (Lipinski definition) is 4. The average Bonchev–Trinajstić information content (AvgIpc) is 2.42. The molecule has 0 aliphatic rings. The first-order valence-corrected chi connectivity index (χ1v) is 10.9. The molecule has 0 saturated carbocycles. The average molecular weight is 332 g/mol. The molecule has 0 N–H and O–H groups in total. The molecular formula is C15H24O4S2. The summed E-state index contributed by atoms with van der Waals surface area (Å²) in [4.78, 5) is 0. The van der Waals surface area contributed by atoms with Crippen LogP contribution in [0, 0.1) is 0 Å². The second kappa shape index (κ2) is 8.54. The predicted molar refractivity (Wildman–Crippen MR) is 86.7 cm³/mol. The first-order valence-electron chi connectivity index (χ1n) is 7.29. The Labute approximate surface area is 128 Å². The van der Waals surface area contributed by atoms with Crippen LogP contribution in [0.2, 0.25) is 0 Å². The van der Waals surface area contributed by atoms with E-state index < -0.39 is 24.8 Å². The van der Waals surface area contributed by atoms with Crippen LogP contribution in [-0.2, 0) is 26.1 Å². The van der Waals surface area contributed by atoms with Crippen LogP contribution >= 0.6 is 0 Å². The molecule has 1 rings (SSSR count).